The molecule has 0 saturated heterocycles. The molecule has 2 rings (SSSR count). The lowest BCUT2D eigenvalue weighted by molar-refractivity contribution is -0.155. The average Bonchev–Trinajstić information content (AvgIpc) is 2.98. The Labute approximate surface area is 340 Å². The van der Waals surface area contributed by atoms with Gasteiger partial charge in [-0.15, -0.1) is 0 Å². The first-order chi connectivity index (χ1) is 25.6. The summed E-state index contributed by atoms with van der Waals surface area (Å²) in [5, 5.41) is 0. The molecule has 0 saturated carbocycles. The normalized spacial score (nSPS) is 12.0. The lowest BCUT2D eigenvalue weighted by Gasteiger charge is -2.29. The Balaban J connectivity index is 2.51. The van der Waals surface area contributed by atoms with Gasteiger partial charge in [-0.25, -0.2) is 4.79 Å². The van der Waals surface area contributed by atoms with Crippen molar-refractivity contribution < 1.29 is 52.4 Å². The third kappa shape index (κ3) is 17.6. The molecule has 56 heavy (non-hydrogen) atoms. The number of ketones is 1. The molecule has 0 unspecified atom stereocenters. The van der Waals surface area contributed by atoms with E-state index in [1.54, 1.807) is 85.4 Å². The predicted molar refractivity (Wildman–Crippen MR) is 219 cm³/mol. The van der Waals surface area contributed by atoms with Gasteiger partial charge in [0, 0.05) is 10.9 Å². The second-order valence-corrected chi connectivity index (χ2v) is 18.6. The Morgan fingerprint density at radius 2 is 1.04 bits per heavy atom. The summed E-state index contributed by atoms with van der Waals surface area (Å²) in [6.45, 7) is 22.5. The summed E-state index contributed by atoms with van der Waals surface area (Å²) in [4.78, 5) is 68.4. The maximum absolute atomic E-state index is 13.3. The van der Waals surface area contributed by atoms with Gasteiger partial charge in [-0.2, -0.15) is 0 Å². The van der Waals surface area contributed by atoms with Crippen LogP contribution in [0.4, 0.5) is 11.4 Å². The number of methoxy groups -OCH3 is 1. The molecule has 13 nitrogen and oxygen atoms in total. The van der Waals surface area contributed by atoms with Crippen molar-refractivity contribution in [1.29, 1.82) is 0 Å². The van der Waals surface area contributed by atoms with Crippen LogP contribution in [0.3, 0.4) is 0 Å². The molecular formula is C42H61BrN2O11. The summed E-state index contributed by atoms with van der Waals surface area (Å²) in [6.07, 6.45) is 0.236. The van der Waals surface area contributed by atoms with Gasteiger partial charge in [-0.05, 0) is 120 Å². The Bertz CT molecular complexity index is 1650. The molecule has 312 valence electrons. The molecule has 0 radical (unpaired) electrons. The molecule has 0 aliphatic heterocycles. The Hall–Kier alpha value is -4.33. The van der Waals surface area contributed by atoms with E-state index in [1.807, 2.05) is 33.8 Å². The van der Waals surface area contributed by atoms with E-state index in [1.165, 1.54) is 18.1 Å². The van der Waals surface area contributed by atoms with Gasteiger partial charge in [0.15, 0.2) is 5.78 Å². The molecule has 0 aliphatic carbocycles. The van der Waals surface area contributed by atoms with Crippen LogP contribution in [0.5, 0.6) is 11.5 Å². The van der Waals surface area contributed by atoms with Gasteiger partial charge in [0.25, 0.3) is 0 Å². The molecule has 0 spiro atoms. The van der Waals surface area contributed by atoms with Crippen LogP contribution in [-0.2, 0) is 38.1 Å². The number of anilines is 2. The molecule has 0 atom stereocenters. The smallest absolute Gasteiger partial charge is 0.339 e. The fraction of sp³-hybridized carbons (Fsp3) is 0.595. The van der Waals surface area contributed by atoms with Crippen molar-refractivity contribution in [3.63, 3.8) is 0 Å². The quantitative estimate of drug-likeness (QED) is 0.0874. The maximum atomic E-state index is 13.3. The number of halogens is 1. The van der Waals surface area contributed by atoms with Crippen molar-refractivity contribution in [2.75, 3.05) is 56.3 Å². The van der Waals surface area contributed by atoms with Gasteiger partial charge in [-0.1, -0.05) is 26.8 Å². The molecule has 0 bridgehead atoms. The van der Waals surface area contributed by atoms with Gasteiger partial charge >= 0.3 is 23.9 Å². The summed E-state index contributed by atoms with van der Waals surface area (Å²) < 4.78 is 34.6. The molecule has 0 fully saturated rings. The maximum Gasteiger partial charge on any atom is 0.339 e. The number of ether oxygens (including phenoxy) is 6. The van der Waals surface area contributed by atoms with Crippen molar-refractivity contribution >= 4 is 57.0 Å². The van der Waals surface area contributed by atoms with Crippen molar-refractivity contribution in [3.05, 3.63) is 45.9 Å². The van der Waals surface area contributed by atoms with Crippen LogP contribution >= 0.6 is 15.9 Å². The third-order valence-corrected chi connectivity index (χ3v) is 7.82. The van der Waals surface area contributed by atoms with Gasteiger partial charge in [0.05, 0.1) is 30.6 Å². The van der Waals surface area contributed by atoms with Crippen LogP contribution in [0.25, 0.3) is 0 Å². The van der Waals surface area contributed by atoms with E-state index in [-0.39, 0.29) is 68.3 Å². The van der Waals surface area contributed by atoms with E-state index >= 15 is 0 Å². The first-order valence-corrected chi connectivity index (χ1v) is 19.3. The topological polar surface area (TPSA) is 147 Å². The lowest BCUT2D eigenvalue weighted by Crippen LogP contribution is -2.40. The fourth-order valence-electron chi connectivity index (χ4n) is 5.38. The zero-order valence-corrected chi connectivity index (χ0v) is 37.2. The number of esters is 4. The number of hydrogen-bond donors (Lipinski definition) is 0. The first-order valence-electron chi connectivity index (χ1n) is 18.5. The second-order valence-electron chi connectivity index (χ2n) is 17.7. The van der Waals surface area contributed by atoms with Crippen molar-refractivity contribution in [1.82, 2.24) is 0 Å². The average molecular weight is 850 g/mol. The number of hydrogen-bond acceptors (Lipinski definition) is 13. The zero-order chi connectivity index (χ0) is 42.8. The molecular weight excluding hydrogens is 788 g/mol. The van der Waals surface area contributed by atoms with Crippen LogP contribution in [0, 0.1) is 12.3 Å². The molecule has 0 N–H and O–H groups in total. The minimum Gasteiger partial charge on any atom is -0.488 e. The van der Waals surface area contributed by atoms with Gasteiger partial charge in [-0.3, -0.25) is 19.2 Å². The minimum absolute atomic E-state index is 0.00595. The number of rotatable bonds is 17. The van der Waals surface area contributed by atoms with Crippen molar-refractivity contribution in [2.24, 2.45) is 5.41 Å². The summed E-state index contributed by atoms with van der Waals surface area (Å²) >= 11 is 3.44. The largest absolute Gasteiger partial charge is 0.488 e. The highest BCUT2D eigenvalue weighted by Gasteiger charge is 2.28. The molecule has 2 aromatic rings. The van der Waals surface area contributed by atoms with Crippen molar-refractivity contribution in [2.45, 2.75) is 113 Å². The van der Waals surface area contributed by atoms with Crippen LogP contribution in [0.15, 0.2) is 34.8 Å². The van der Waals surface area contributed by atoms with E-state index in [9.17, 15) is 24.0 Å². The Morgan fingerprint density at radius 3 is 1.45 bits per heavy atom. The zero-order valence-electron chi connectivity index (χ0n) is 35.6. The first kappa shape index (κ1) is 47.8. The molecule has 0 aromatic heterocycles. The predicted octanol–water partition coefficient (Wildman–Crippen LogP) is 7.65. The van der Waals surface area contributed by atoms with E-state index < -0.39 is 40.7 Å². The van der Waals surface area contributed by atoms with Gasteiger partial charge in [0.1, 0.15) is 61.2 Å². The molecule has 0 heterocycles. The fourth-order valence-corrected chi connectivity index (χ4v) is 5.86. The number of nitrogens with zero attached hydrogens (tertiary/aromatic N) is 2. The second kappa shape index (κ2) is 19.7. The van der Waals surface area contributed by atoms with E-state index in [0.717, 1.165) is 5.56 Å². The van der Waals surface area contributed by atoms with Crippen LogP contribution in [0.1, 0.15) is 105 Å². The Kier molecular flexibility index (Phi) is 16.8. The number of benzene rings is 2. The summed E-state index contributed by atoms with van der Waals surface area (Å²) in [6, 6.07) is 8.44. The molecule has 2 aromatic carbocycles. The Morgan fingerprint density at radius 1 is 0.607 bits per heavy atom. The van der Waals surface area contributed by atoms with E-state index in [2.05, 4.69) is 15.9 Å². The molecule has 0 aliphatic rings. The van der Waals surface area contributed by atoms with Crippen LogP contribution in [0.2, 0.25) is 0 Å². The van der Waals surface area contributed by atoms with E-state index in [0.29, 0.717) is 21.6 Å². The van der Waals surface area contributed by atoms with E-state index in [4.69, 9.17) is 28.4 Å². The highest BCUT2D eigenvalue weighted by atomic mass is 79.9. The lowest BCUT2D eigenvalue weighted by atomic mass is 9.90. The van der Waals surface area contributed by atoms with Crippen LogP contribution < -0.4 is 19.3 Å². The highest BCUT2D eigenvalue weighted by Crippen LogP contribution is 2.36. The standard InChI is InChI=1S/C42H61BrN2O11/c1-27-15-16-31(45(25-36(48)55-41(8,9)10)26-37(49)56-42(11,12)13)33(19-27)52-17-18-53-34-21-30(43)29(38(50)51-14)20-32(34)44(23-28(46)22-39(2,3)4)24-35(47)54-40(5,6)7/h15-16,19-21H,17-18,22-26H2,1-14H3. The third-order valence-electron chi connectivity index (χ3n) is 7.16. The summed E-state index contributed by atoms with van der Waals surface area (Å²) in [5.74, 6) is -1.80. The molecule has 14 heteroatoms. The number of aryl methyl sites for hydroxylation is 1. The minimum atomic E-state index is -0.782. The number of carbonyl (C=O) groups is 5. The summed E-state index contributed by atoms with van der Waals surface area (Å²) in [7, 11) is 1.25. The van der Waals surface area contributed by atoms with Gasteiger partial charge < -0.3 is 38.2 Å². The van der Waals surface area contributed by atoms with Gasteiger partial charge in [0.2, 0.25) is 0 Å². The molecule has 0 amide bonds. The number of carbonyl (C=O) groups excluding carboxylic acids is 5. The number of Topliss-reactive ketones (excluding diaryl/α,β-unsaturated/α-hetero) is 1. The SMILES string of the molecule is COC(=O)c1cc(N(CC(=O)CC(C)(C)C)CC(=O)OC(C)(C)C)c(OCCOc2cc(C)ccc2N(CC(=O)OC(C)(C)C)CC(=O)OC(C)(C)C)cc1Br. The highest BCUT2D eigenvalue weighted by molar-refractivity contribution is 9.10. The van der Waals surface area contributed by atoms with Crippen molar-refractivity contribution in [3.8, 4) is 11.5 Å². The van der Waals surface area contributed by atoms with Crippen LogP contribution in [-0.4, -0.2) is 93.0 Å². The monoisotopic (exact) mass is 848 g/mol. The summed E-state index contributed by atoms with van der Waals surface area (Å²) in [5.41, 5.74) is -0.821.